The van der Waals surface area contributed by atoms with Crippen LogP contribution in [0.5, 0.6) is 0 Å². The summed E-state index contributed by atoms with van der Waals surface area (Å²) in [6.45, 7) is 8.13. The van der Waals surface area contributed by atoms with E-state index >= 15 is 0 Å². The molecule has 0 saturated heterocycles. The summed E-state index contributed by atoms with van der Waals surface area (Å²) in [6.07, 6.45) is 15.0. The molecule has 0 fully saturated rings. The Hall–Kier alpha value is -1.38. The van der Waals surface area contributed by atoms with Gasteiger partial charge >= 0.3 is 0 Å². The van der Waals surface area contributed by atoms with E-state index in [2.05, 4.69) is 61.2 Å². The predicted molar refractivity (Wildman–Crippen MR) is 132 cm³/mol. The molecule has 30 heavy (non-hydrogen) atoms. The number of aliphatic hydroxyl groups excluding tert-OH is 1. The van der Waals surface area contributed by atoms with Crippen LogP contribution in [0.3, 0.4) is 0 Å². The fourth-order valence-electron chi connectivity index (χ4n) is 4.42. The maximum atomic E-state index is 10.9. The van der Waals surface area contributed by atoms with Gasteiger partial charge in [-0.2, -0.15) is 0 Å². The summed E-state index contributed by atoms with van der Waals surface area (Å²) in [5, 5.41) is 13.3. The van der Waals surface area contributed by atoms with Crippen molar-refractivity contribution in [2.24, 2.45) is 0 Å². The molecule has 2 aromatic carbocycles. The van der Waals surface area contributed by atoms with Crippen LogP contribution in [0, 0.1) is 0 Å². The molecule has 2 rings (SSSR count). The van der Waals surface area contributed by atoms with Crippen molar-refractivity contribution in [1.29, 1.82) is 0 Å². The number of fused-ring (bicyclic) bond motifs is 1. The number of hydrogen-bond acceptors (Lipinski definition) is 2. The van der Waals surface area contributed by atoms with Crippen LogP contribution in [0.4, 0.5) is 0 Å². The van der Waals surface area contributed by atoms with E-state index in [-0.39, 0.29) is 6.10 Å². The Balaban J connectivity index is 1.80. The van der Waals surface area contributed by atoms with E-state index in [1.807, 2.05) is 0 Å². The lowest BCUT2D eigenvalue weighted by Crippen LogP contribution is -2.27. The third-order valence-electron chi connectivity index (χ3n) is 6.29. The minimum absolute atomic E-state index is 0.368. The van der Waals surface area contributed by atoms with Gasteiger partial charge in [0.1, 0.15) is 0 Å². The minimum atomic E-state index is -0.368. The van der Waals surface area contributed by atoms with Gasteiger partial charge in [-0.15, -0.1) is 0 Å². The highest BCUT2D eigenvalue weighted by Crippen LogP contribution is 2.27. The molecule has 0 aliphatic heterocycles. The first-order chi connectivity index (χ1) is 14.8. The van der Waals surface area contributed by atoms with Crippen molar-refractivity contribution in [3.8, 4) is 0 Å². The SMILES string of the molecule is CCCCCCCN(CCCCCCC)CCCC(O)c1cccc2ccccc12. The highest BCUT2D eigenvalue weighted by molar-refractivity contribution is 5.85. The number of benzene rings is 2. The summed E-state index contributed by atoms with van der Waals surface area (Å²) in [5.41, 5.74) is 1.08. The summed E-state index contributed by atoms with van der Waals surface area (Å²) >= 11 is 0. The molecule has 2 aromatic rings. The first kappa shape index (κ1) is 24.9. The molecular formula is C28H45NO. The van der Waals surface area contributed by atoms with Gasteiger partial charge in [-0.3, -0.25) is 0 Å². The van der Waals surface area contributed by atoms with Crippen LogP contribution in [0.1, 0.15) is 103 Å². The number of rotatable bonds is 17. The molecule has 1 atom stereocenters. The Labute approximate surface area is 185 Å². The Morgan fingerprint density at radius 2 is 1.23 bits per heavy atom. The van der Waals surface area contributed by atoms with Crippen molar-refractivity contribution >= 4 is 10.8 Å². The molecule has 0 radical (unpaired) electrons. The van der Waals surface area contributed by atoms with Crippen molar-refractivity contribution in [3.05, 3.63) is 48.0 Å². The van der Waals surface area contributed by atoms with Gasteiger partial charge in [0, 0.05) is 0 Å². The maximum absolute atomic E-state index is 10.9. The van der Waals surface area contributed by atoms with Gasteiger partial charge in [0.25, 0.3) is 0 Å². The molecule has 0 heterocycles. The molecule has 0 saturated carbocycles. The standard InChI is InChI=1S/C28H45NO/c1-3-5-7-9-13-22-29(23-14-10-8-6-4-2)24-16-21-28(30)27-20-15-18-25-17-11-12-19-26(25)27/h11-12,15,17-20,28,30H,3-10,13-14,16,21-24H2,1-2H3. The van der Waals surface area contributed by atoms with Gasteiger partial charge in [0.15, 0.2) is 0 Å². The fraction of sp³-hybridized carbons (Fsp3) is 0.643. The Kier molecular flexibility index (Phi) is 12.8. The van der Waals surface area contributed by atoms with Crippen molar-refractivity contribution < 1.29 is 5.11 Å². The lowest BCUT2D eigenvalue weighted by atomic mass is 9.98. The number of unbranched alkanes of at least 4 members (excludes halogenated alkanes) is 8. The number of nitrogens with zero attached hydrogens (tertiary/aromatic N) is 1. The van der Waals surface area contributed by atoms with Crippen LogP contribution >= 0.6 is 0 Å². The third kappa shape index (κ3) is 9.18. The second-order valence-corrected chi connectivity index (χ2v) is 8.90. The Morgan fingerprint density at radius 3 is 1.90 bits per heavy atom. The van der Waals surface area contributed by atoms with E-state index in [0.29, 0.717) is 0 Å². The molecule has 2 nitrogen and oxygen atoms in total. The first-order valence-electron chi connectivity index (χ1n) is 12.6. The normalized spacial score (nSPS) is 12.7. The van der Waals surface area contributed by atoms with E-state index in [1.54, 1.807) is 0 Å². The van der Waals surface area contributed by atoms with Crippen molar-refractivity contribution in [1.82, 2.24) is 4.90 Å². The summed E-state index contributed by atoms with van der Waals surface area (Å²) in [5.74, 6) is 0. The van der Waals surface area contributed by atoms with E-state index < -0.39 is 0 Å². The summed E-state index contributed by atoms with van der Waals surface area (Å²) in [6, 6.07) is 14.7. The van der Waals surface area contributed by atoms with Gasteiger partial charge < -0.3 is 10.0 Å². The molecule has 168 valence electrons. The van der Waals surface area contributed by atoms with E-state index in [0.717, 1.165) is 24.9 Å². The quantitative estimate of drug-likeness (QED) is 0.267. The van der Waals surface area contributed by atoms with Crippen LogP contribution in [-0.4, -0.2) is 29.6 Å². The van der Waals surface area contributed by atoms with Crippen LogP contribution in [0.25, 0.3) is 10.8 Å². The molecular weight excluding hydrogens is 366 g/mol. The summed E-state index contributed by atoms with van der Waals surface area (Å²) in [7, 11) is 0. The minimum Gasteiger partial charge on any atom is -0.388 e. The zero-order chi connectivity index (χ0) is 21.4. The van der Waals surface area contributed by atoms with Crippen molar-refractivity contribution in [2.75, 3.05) is 19.6 Å². The lowest BCUT2D eigenvalue weighted by Gasteiger charge is -2.23. The predicted octanol–water partition coefficient (Wildman–Crippen LogP) is 7.90. The molecule has 0 aromatic heterocycles. The average molecular weight is 412 g/mol. The zero-order valence-corrected chi connectivity index (χ0v) is 19.6. The fourth-order valence-corrected chi connectivity index (χ4v) is 4.42. The Morgan fingerprint density at radius 1 is 0.667 bits per heavy atom. The van der Waals surface area contributed by atoms with Gasteiger partial charge in [0.05, 0.1) is 6.10 Å². The van der Waals surface area contributed by atoms with Crippen molar-refractivity contribution in [2.45, 2.75) is 97.0 Å². The van der Waals surface area contributed by atoms with Crippen molar-refractivity contribution in [3.63, 3.8) is 0 Å². The van der Waals surface area contributed by atoms with Gasteiger partial charge in [-0.05, 0) is 61.7 Å². The second-order valence-electron chi connectivity index (χ2n) is 8.90. The maximum Gasteiger partial charge on any atom is 0.0796 e. The topological polar surface area (TPSA) is 23.5 Å². The van der Waals surface area contributed by atoms with E-state index in [9.17, 15) is 5.11 Å². The molecule has 1 unspecified atom stereocenters. The highest BCUT2D eigenvalue weighted by atomic mass is 16.3. The van der Waals surface area contributed by atoms with Gasteiger partial charge in [0.2, 0.25) is 0 Å². The van der Waals surface area contributed by atoms with Crippen LogP contribution in [0.2, 0.25) is 0 Å². The average Bonchev–Trinajstić information content (AvgIpc) is 2.77. The lowest BCUT2D eigenvalue weighted by molar-refractivity contribution is 0.155. The second kappa shape index (κ2) is 15.4. The van der Waals surface area contributed by atoms with Crippen LogP contribution in [0.15, 0.2) is 42.5 Å². The molecule has 0 bridgehead atoms. The van der Waals surface area contributed by atoms with Crippen LogP contribution < -0.4 is 0 Å². The van der Waals surface area contributed by atoms with E-state index in [1.165, 1.54) is 88.1 Å². The third-order valence-corrected chi connectivity index (χ3v) is 6.29. The largest absolute Gasteiger partial charge is 0.388 e. The summed E-state index contributed by atoms with van der Waals surface area (Å²) < 4.78 is 0. The molecule has 1 N–H and O–H groups in total. The monoisotopic (exact) mass is 411 g/mol. The Bertz CT molecular complexity index is 664. The smallest absolute Gasteiger partial charge is 0.0796 e. The number of aliphatic hydroxyl groups is 1. The number of hydrogen-bond donors (Lipinski definition) is 1. The highest BCUT2D eigenvalue weighted by Gasteiger charge is 2.12. The van der Waals surface area contributed by atoms with Gasteiger partial charge in [-0.25, -0.2) is 0 Å². The molecule has 0 aliphatic rings. The summed E-state index contributed by atoms with van der Waals surface area (Å²) in [4.78, 5) is 2.66. The molecule has 0 aliphatic carbocycles. The molecule has 0 amide bonds. The first-order valence-corrected chi connectivity index (χ1v) is 12.6. The zero-order valence-electron chi connectivity index (χ0n) is 19.6. The molecule has 2 heteroatoms. The van der Waals surface area contributed by atoms with E-state index in [4.69, 9.17) is 0 Å². The van der Waals surface area contributed by atoms with Gasteiger partial charge in [-0.1, -0.05) is 108 Å². The van der Waals surface area contributed by atoms with Crippen LogP contribution in [-0.2, 0) is 0 Å². The molecule has 0 spiro atoms.